The minimum Gasteiger partial charge on any atom is -0.486 e. The molecule has 0 aliphatic carbocycles. The zero-order chi connectivity index (χ0) is 36.5. The Balaban J connectivity index is 0.841. The van der Waals surface area contributed by atoms with Gasteiger partial charge >= 0.3 is 0 Å². The molecule has 266 valence electrons. The van der Waals surface area contributed by atoms with Crippen LogP contribution in [0.5, 0.6) is 5.75 Å². The maximum Gasteiger partial charge on any atom is 0.262 e. The van der Waals surface area contributed by atoms with Crippen LogP contribution in [0.1, 0.15) is 87.3 Å². The lowest BCUT2D eigenvalue weighted by atomic mass is 9.84. The van der Waals surface area contributed by atoms with E-state index in [0.29, 0.717) is 65.7 Å². The van der Waals surface area contributed by atoms with Crippen LogP contribution < -0.4 is 15.0 Å². The predicted octanol–water partition coefficient (Wildman–Crippen LogP) is 4.28. The Labute approximate surface area is 305 Å². The number of likely N-dealkylation sites (tertiary alicyclic amines) is 1. The topological polar surface area (TPSA) is 143 Å². The van der Waals surface area contributed by atoms with Gasteiger partial charge in [-0.2, -0.15) is 5.26 Å². The first kappa shape index (κ1) is 33.9. The summed E-state index contributed by atoms with van der Waals surface area (Å²) in [5.74, 6) is -1.33. The summed E-state index contributed by atoms with van der Waals surface area (Å²) < 4.78 is 6.32. The van der Waals surface area contributed by atoms with Crippen LogP contribution in [-0.4, -0.2) is 87.6 Å². The second-order valence-corrected chi connectivity index (χ2v) is 15.1. The second-order valence-electron chi connectivity index (χ2n) is 14.7. The van der Waals surface area contributed by atoms with Gasteiger partial charge in [0.15, 0.2) is 0 Å². The molecule has 12 nitrogen and oxygen atoms in total. The molecule has 0 bridgehead atoms. The summed E-state index contributed by atoms with van der Waals surface area (Å²) in [6, 6.07) is 17.7. The highest BCUT2D eigenvalue weighted by molar-refractivity contribution is 6.32. The molecule has 52 heavy (non-hydrogen) atoms. The van der Waals surface area contributed by atoms with E-state index in [1.807, 2.05) is 41.3 Å². The van der Waals surface area contributed by atoms with E-state index >= 15 is 0 Å². The van der Waals surface area contributed by atoms with Crippen LogP contribution in [0.4, 0.5) is 5.69 Å². The van der Waals surface area contributed by atoms with Gasteiger partial charge in [-0.15, -0.1) is 0 Å². The number of imide groups is 2. The molecule has 2 atom stereocenters. The highest BCUT2D eigenvalue weighted by Gasteiger charge is 2.49. The summed E-state index contributed by atoms with van der Waals surface area (Å²) in [6.07, 6.45) is 1.74. The van der Waals surface area contributed by atoms with Crippen LogP contribution in [0.25, 0.3) is 0 Å². The normalized spacial score (nSPS) is 22.8. The first-order valence-corrected chi connectivity index (χ1v) is 18.0. The molecule has 5 heterocycles. The third-order valence-electron chi connectivity index (χ3n) is 11.4. The highest BCUT2D eigenvalue weighted by Crippen LogP contribution is 2.40. The summed E-state index contributed by atoms with van der Waals surface area (Å²) in [5.41, 5.74) is 4.27. The molecule has 1 N–H and O–H groups in total. The number of nitrogens with zero attached hydrogens (tertiary/aromatic N) is 5. The van der Waals surface area contributed by atoms with Crippen LogP contribution in [0.3, 0.4) is 0 Å². The lowest BCUT2D eigenvalue weighted by Gasteiger charge is -2.55. The van der Waals surface area contributed by atoms with E-state index in [9.17, 15) is 29.2 Å². The number of nitrogens with one attached hydrogen (secondary N) is 1. The van der Waals surface area contributed by atoms with Gasteiger partial charge in [-0.3, -0.25) is 39.1 Å². The Bertz CT molecular complexity index is 2040. The van der Waals surface area contributed by atoms with Gasteiger partial charge in [0, 0.05) is 49.9 Å². The van der Waals surface area contributed by atoms with Crippen LogP contribution in [0, 0.1) is 11.3 Å². The van der Waals surface area contributed by atoms with Crippen molar-refractivity contribution in [3.63, 3.8) is 0 Å². The van der Waals surface area contributed by atoms with Crippen LogP contribution in [0.2, 0.25) is 5.02 Å². The number of anilines is 1. The quantitative estimate of drug-likeness (QED) is 0.369. The van der Waals surface area contributed by atoms with Crippen molar-refractivity contribution in [2.24, 2.45) is 0 Å². The number of ether oxygens (including phenoxy) is 1. The Hall–Kier alpha value is -5.25. The average Bonchev–Trinajstić information content (AvgIpc) is 3.66. The third-order valence-corrected chi connectivity index (χ3v) is 11.7. The Morgan fingerprint density at radius 2 is 1.58 bits per heavy atom. The van der Waals surface area contributed by atoms with Gasteiger partial charge in [-0.05, 0) is 98.8 Å². The number of amides is 5. The molecule has 5 aliphatic heterocycles. The molecule has 13 heteroatoms. The van der Waals surface area contributed by atoms with E-state index in [2.05, 4.69) is 35.0 Å². The van der Waals surface area contributed by atoms with E-state index in [0.717, 1.165) is 34.6 Å². The molecule has 5 aliphatic rings. The SMILES string of the molecule is CC1(C)[C@H](Oc2ccc(C(=O)N3CCC(N4Cc5cc6c(cc5C4)C(=O)N(C4CCC(=O)NC4=O)C6=O)CC3)cc2)CN1c1ccc(C#N)c(Cl)c1. The van der Waals surface area contributed by atoms with E-state index in [4.69, 9.17) is 16.3 Å². The molecule has 0 aromatic heterocycles. The Morgan fingerprint density at radius 3 is 2.15 bits per heavy atom. The van der Waals surface area contributed by atoms with Crippen molar-refractivity contribution < 1.29 is 28.7 Å². The Kier molecular flexibility index (Phi) is 8.31. The molecule has 3 aromatic carbocycles. The van der Waals surface area contributed by atoms with Gasteiger partial charge in [0.25, 0.3) is 17.7 Å². The molecular weight excluding hydrogens is 684 g/mol. The summed E-state index contributed by atoms with van der Waals surface area (Å²) in [5, 5.41) is 11.8. The number of hydrogen-bond acceptors (Lipinski definition) is 9. The maximum absolute atomic E-state index is 13.5. The number of fused-ring (bicyclic) bond motifs is 2. The molecular formula is C39H37ClN6O6. The minimum atomic E-state index is -0.982. The fourth-order valence-corrected chi connectivity index (χ4v) is 8.39. The number of hydrogen-bond donors (Lipinski definition) is 1. The summed E-state index contributed by atoms with van der Waals surface area (Å²) in [6.45, 7) is 7.38. The smallest absolute Gasteiger partial charge is 0.262 e. The summed E-state index contributed by atoms with van der Waals surface area (Å²) >= 11 is 6.27. The van der Waals surface area contributed by atoms with Gasteiger partial charge in [0.2, 0.25) is 11.8 Å². The number of rotatable bonds is 6. The van der Waals surface area contributed by atoms with Gasteiger partial charge in [0.05, 0.1) is 33.8 Å². The van der Waals surface area contributed by atoms with Crippen LogP contribution in [-0.2, 0) is 22.7 Å². The average molecular weight is 721 g/mol. The molecule has 8 rings (SSSR count). The number of benzene rings is 3. The molecule has 0 radical (unpaired) electrons. The predicted molar refractivity (Wildman–Crippen MR) is 190 cm³/mol. The number of piperidine rings is 2. The van der Waals surface area contributed by atoms with Gasteiger partial charge < -0.3 is 14.5 Å². The molecule has 0 spiro atoms. The number of nitriles is 1. The second kappa shape index (κ2) is 12.8. The lowest BCUT2D eigenvalue weighted by Crippen LogP contribution is -2.70. The minimum absolute atomic E-state index is 0.0171. The fraction of sp³-hybridized carbons (Fsp3) is 0.385. The zero-order valence-electron chi connectivity index (χ0n) is 28.9. The molecule has 5 amide bonds. The molecule has 0 saturated carbocycles. The first-order chi connectivity index (χ1) is 24.9. The van der Waals surface area contributed by atoms with E-state index in [-0.39, 0.29) is 36.4 Å². The van der Waals surface area contributed by atoms with E-state index in [1.54, 1.807) is 18.2 Å². The molecule has 3 fully saturated rings. The van der Waals surface area contributed by atoms with Crippen LogP contribution >= 0.6 is 11.6 Å². The zero-order valence-corrected chi connectivity index (χ0v) is 29.6. The van der Waals surface area contributed by atoms with Crippen molar-refractivity contribution >= 4 is 46.8 Å². The van der Waals surface area contributed by atoms with Crippen molar-refractivity contribution in [2.45, 2.75) is 76.3 Å². The van der Waals surface area contributed by atoms with E-state index in [1.165, 1.54) is 0 Å². The van der Waals surface area contributed by atoms with Crippen molar-refractivity contribution in [1.82, 2.24) is 20.0 Å². The molecule has 3 aromatic rings. The van der Waals surface area contributed by atoms with Crippen LogP contribution in [0.15, 0.2) is 54.6 Å². The lowest BCUT2D eigenvalue weighted by molar-refractivity contribution is -0.136. The van der Waals surface area contributed by atoms with Gasteiger partial charge in [-0.25, -0.2) is 0 Å². The van der Waals surface area contributed by atoms with Gasteiger partial charge in [0.1, 0.15) is 24.0 Å². The van der Waals surface area contributed by atoms with Crippen molar-refractivity contribution in [3.05, 3.63) is 93.0 Å². The van der Waals surface area contributed by atoms with Crippen molar-refractivity contribution in [3.8, 4) is 11.8 Å². The number of carbonyl (C=O) groups excluding carboxylic acids is 5. The summed E-state index contributed by atoms with van der Waals surface area (Å²) in [4.78, 5) is 71.5. The number of carbonyl (C=O) groups is 5. The number of halogens is 1. The molecule has 3 saturated heterocycles. The largest absolute Gasteiger partial charge is 0.486 e. The van der Waals surface area contributed by atoms with E-state index < -0.39 is 29.7 Å². The summed E-state index contributed by atoms with van der Waals surface area (Å²) in [7, 11) is 0. The van der Waals surface area contributed by atoms with Gasteiger partial charge in [-0.1, -0.05) is 11.6 Å². The molecule has 1 unspecified atom stereocenters. The standard InChI is InChI=1S/C39H37ClN6O6/c1-39(2)33(21-45(39)27-6-3-23(18-41)31(40)17-27)52-28-7-4-22(5-8-28)36(49)43-13-11-26(12-14-43)44-19-24-15-29-30(16-25(24)20-44)38(51)46(37(29)50)32-9-10-34(47)42-35(32)48/h3-8,15-17,26,32-33H,9-14,19-21H2,1-2H3,(H,42,47,48)/t32?,33-/m1/s1. The highest BCUT2D eigenvalue weighted by atomic mass is 35.5. The fourth-order valence-electron chi connectivity index (χ4n) is 8.18. The van der Waals surface area contributed by atoms with Crippen molar-refractivity contribution in [2.75, 3.05) is 24.5 Å². The van der Waals surface area contributed by atoms with Crippen molar-refractivity contribution in [1.29, 1.82) is 5.26 Å². The monoisotopic (exact) mass is 720 g/mol. The Morgan fingerprint density at radius 1 is 0.923 bits per heavy atom. The first-order valence-electron chi connectivity index (χ1n) is 17.6. The maximum atomic E-state index is 13.5. The third kappa shape index (κ3) is 5.68.